The van der Waals surface area contributed by atoms with Crippen LogP contribution in [0.25, 0.3) is 17.0 Å². The van der Waals surface area contributed by atoms with Crippen LogP contribution in [0.3, 0.4) is 0 Å². The molecule has 4 heteroatoms. The van der Waals surface area contributed by atoms with Gasteiger partial charge in [0, 0.05) is 22.7 Å². The summed E-state index contributed by atoms with van der Waals surface area (Å²) in [7, 11) is 0. The first-order valence-electron chi connectivity index (χ1n) is 4.34. The van der Waals surface area contributed by atoms with Gasteiger partial charge in [-0.05, 0) is 30.3 Å². The van der Waals surface area contributed by atoms with Gasteiger partial charge in [0.2, 0.25) is 0 Å². The van der Waals surface area contributed by atoms with Crippen molar-refractivity contribution in [2.75, 3.05) is 0 Å². The highest BCUT2D eigenvalue weighted by Crippen LogP contribution is 2.17. The second-order valence-electron chi connectivity index (χ2n) is 3.13. The highest BCUT2D eigenvalue weighted by atomic mass is 19.1. The zero-order chi connectivity index (χ0) is 10.8. The third-order valence-corrected chi connectivity index (χ3v) is 2.01. The number of hydrogen-bond acceptors (Lipinski definition) is 1. The number of rotatable bonds is 2. The molecule has 0 saturated heterocycles. The molecule has 3 nitrogen and oxygen atoms in total. The van der Waals surface area contributed by atoms with Crippen molar-refractivity contribution in [1.82, 2.24) is 4.98 Å². The summed E-state index contributed by atoms with van der Waals surface area (Å²) >= 11 is 0. The lowest BCUT2D eigenvalue weighted by Gasteiger charge is -1.87. The predicted molar refractivity (Wildman–Crippen MR) is 54.9 cm³/mol. The molecule has 0 unspecified atom stereocenters. The predicted octanol–water partition coefficient (Wildman–Crippen LogP) is 2.40. The average Bonchev–Trinajstić information content (AvgIpc) is 2.56. The molecule has 0 radical (unpaired) electrons. The Labute approximate surface area is 84.8 Å². The van der Waals surface area contributed by atoms with Crippen molar-refractivity contribution in [1.29, 1.82) is 0 Å². The summed E-state index contributed by atoms with van der Waals surface area (Å²) in [6.07, 6.45) is 2.46. The first-order valence-corrected chi connectivity index (χ1v) is 4.34. The van der Waals surface area contributed by atoms with E-state index >= 15 is 0 Å². The van der Waals surface area contributed by atoms with Gasteiger partial charge in [0.25, 0.3) is 0 Å². The van der Waals surface area contributed by atoms with Gasteiger partial charge in [0.1, 0.15) is 5.82 Å². The number of carbonyl (C=O) groups is 1. The van der Waals surface area contributed by atoms with Gasteiger partial charge < -0.3 is 10.1 Å². The summed E-state index contributed by atoms with van der Waals surface area (Å²) in [6, 6.07) is 6.13. The average molecular weight is 205 g/mol. The van der Waals surface area contributed by atoms with Crippen molar-refractivity contribution in [3.8, 4) is 0 Å². The Bertz CT molecular complexity index is 543. The second kappa shape index (κ2) is 3.57. The minimum absolute atomic E-state index is 0.321. The largest absolute Gasteiger partial charge is 0.478 e. The van der Waals surface area contributed by atoms with Gasteiger partial charge >= 0.3 is 5.97 Å². The summed E-state index contributed by atoms with van der Waals surface area (Å²) in [5.41, 5.74) is 1.29. The van der Waals surface area contributed by atoms with Crippen LogP contribution < -0.4 is 0 Å². The van der Waals surface area contributed by atoms with E-state index in [-0.39, 0.29) is 5.82 Å². The molecule has 1 heterocycles. The van der Waals surface area contributed by atoms with Crippen LogP contribution >= 0.6 is 0 Å². The van der Waals surface area contributed by atoms with Crippen molar-refractivity contribution in [2.24, 2.45) is 0 Å². The lowest BCUT2D eigenvalue weighted by Crippen LogP contribution is -1.85. The van der Waals surface area contributed by atoms with E-state index in [1.54, 1.807) is 12.1 Å². The molecule has 0 fully saturated rings. The van der Waals surface area contributed by atoms with Crippen LogP contribution in [0.15, 0.2) is 30.3 Å². The third-order valence-electron chi connectivity index (χ3n) is 2.01. The Kier molecular flexibility index (Phi) is 2.25. The normalized spacial score (nSPS) is 11.3. The maximum atomic E-state index is 12.8. The van der Waals surface area contributed by atoms with E-state index in [0.29, 0.717) is 11.2 Å². The van der Waals surface area contributed by atoms with E-state index in [1.165, 1.54) is 18.2 Å². The molecule has 2 N–H and O–H groups in total. The number of aromatic nitrogens is 1. The Morgan fingerprint density at radius 1 is 1.40 bits per heavy atom. The van der Waals surface area contributed by atoms with Crippen LogP contribution in [0.4, 0.5) is 4.39 Å². The topological polar surface area (TPSA) is 53.1 Å². The highest BCUT2D eigenvalue weighted by molar-refractivity contribution is 5.88. The molecule has 2 aromatic rings. The van der Waals surface area contributed by atoms with Crippen molar-refractivity contribution >= 4 is 22.9 Å². The molecule has 0 saturated carbocycles. The fourth-order valence-electron chi connectivity index (χ4n) is 1.37. The molecule has 2 rings (SSSR count). The van der Waals surface area contributed by atoms with Crippen LogP contribution in [0.1, 0.15) is 5.69 Å². The fourth-order valence-corrected chi connectivity index (χ4v) is 1.37. The molecular weight excluding hydrogens is 197 g/mol. The molecule has 0 bridgehead atoms. The van der Waals surface area contributed by atoms with E-state index in [4.69, 9.17) is 5.11 Å². The Balaban J connectivity index is 2.43. The summed E-state index contributed by atoms with van der Waals surface area (Å²) in [4.78, 5) is 13.2. The number of nitrogens with one attached hydrogen (secondary N) is 1. The standard InChI is InChI=1S/C11H8FNO2/c12-8-2-1-7-5-9(3-4-11(14)15)13-10(7)6-8/h1-6,13H,(H,14,15)/b4-3+. The molecule has 0 aliphatic carbocycles. The molecule has 0 aliphatic heterocycles. The summed E-state index contributed by atoms with van der Waals surface area (Å²) in [5, 5.41) is 9.28. The van der Waals surface area contributed by atoms with E-state index in [0.717, 1.165) is 11.5 Å². The van der Waals surface area contributed by atoms with Crippen molar-refractivity contribution < 1.29 is 14.3 Å². The van der Waals surface area contributed by atoms with Gasteiger partial charge in [-0.15, -0.1) is 0 Å². The number of aromatic amines is 1. The molecule has 0 spiro atoms. The maximum absolute atomic E-state index is 12.8. The molecular formula is C11H8FNO2. The monoisotopic (exact) mass is 205 g/mol. The minimum Gasteiger partial charge on any atom is -0.478 e. The molecule has 0 atom stereocenters. The number of hydrogen-bond donors (Lipinski definition) is 2. The molecule has 15 heavy (non-hydrogen) atoms. The van der Waals surface area contributed by atoms with Crippen LogP contribution in [0.2, 0.25) is 0 Å². The summed E-state index contributed by atoms with van der Waals surface area (Å²) in [5.74, 6) is -1.34. The first-order chi connectivity index (χ1) is 7.15. The smallest absolute Gasteiger partial charge is 0.328 e. The number of H-pyrrole nitrogens is 1. The number of fused-ring (bicyclic) bond motifs is 1. The zero-order valence-electron chi connectivity index (χ0n) is 7.70. The Hall–Kier alpha value is -2.10. The third kappa shape index (κ3) is 2.04. The fraction of sp³-hybridized carbons (Fsp3) is 0. The van der Waals surface area contributed by atoms with Crippen molar-refractivity contribution in [2.45, 2.75) is 0 Å². The van der Waals surface area contributed by atoms with E-state index in [1.807, 2.05) is 0 Å². The zero-order valence-corrected chi connectivity index (χ0v) is 7.70. The minimum atomic E-state index is -1.01. The molecule has 1 aromatic carbocycles. The highest BCUT2D eigenvalue weighted by Gasteiger charge is 1.99. The van der Waals surface area contributed by atoms with E-state index in [9.17, 15) is 9.18 Å². The molecule has 1 aromatic heterocycles. The number of aliphatic carboxylic acids is 1. The van der Waals surface area contributed by atoms with Crippen LogP contribution in [-0.4, -0.2) is 16.1 Å². The number of halogens is 1. The van der Waals surface area contributed by atoms with Gasteiger partial charge in [-0.25, -0.2) is 9.18 Å². The van der Waals surface area contributed by atoms with Crippen LogP contribution in [-0.2, 0) is 4.79 Å². The van der Waals surface area contributed by atoms with Crippen LogP contribution in [0, 0.1) is 5.82 Å². The number of carboxylic acid groups (broad SMARTS) is 1. The molecule has 76 valence electrons. The molecule has 0 aliphatic rings. The number of carboxylic acids is 1. The summed E-state index contributed by atoms with van der Waals surface area (Å²) in [6.45, 7) is 0. The lowest BCUT2D eigenvalue weighted by atomic mass is 10.2. The number of benzene rings is 1. The van der Waals surface area contributed by atoms with Gasteiger partial charge in [-0.1, -0.05) is 0 Å². The van der Waals surface area contributed by atoms with Crippen LogP contribution in [0.5, 0.6) is 0 Å². The quantitative estimate of drug-likeness (QED) is 0.739. The Morgan fingerprint density at radius 2 is 2.20 bits per heavy atom. The van der Waals surface area contributed by atoms with Gasteiger partial charge in [0.15, 0.2) is 0 Å². The maximum Gasteiger partial charge on any atom is 0.328 e. The summed E-state index contributed by atoms with van der Waals surface area (Å²) < 4.78 is 12.8. The van der Waals surface area contributed by atoms with Gasteiger partial charge in [-0.3, -0.25) is 0 Å². The lowest BCUT2D eigenvalue weighted by molar-refractivity contribution is -0.131. The van der Waals surface area contributed by atoms with Gasteiger partial charge in [-0.2, -0.15) is 0 Å². The molecule has 0 amide bonds. The second-order valence-corrected chi connectivity index (χ2v) is 3.13. The van der Waals surface area contributed by atoms with Crippen molar-refractivity contribution in [3.63, 3.8) is 0 Å². The van der Waals surface area contributed by atoms with E-state index in [2.05, 4.69) is 4.98 Å². The first kappa shape index (κ1) is 9.45. The van der Waals surface area contributed by atoms with E-state index < -0.39 is 5.97 Å². The Morgan fingerprint density at radius 3 is 2.93 bits per heavy atom. The van der Waals surface area contributed by atoms with Crippen molar-refractivity contribution in [3.05, 3.63) is 41.9 Å². The van der Waals surface area contributed by atoms with Gasteiger partial charge in [0.05, 0.1) is 0 Å². The SMILES string of the molecule is O=C(O)/C=C/c1cc2ccc(F)cc2[nH]1.